The van der Waals surface area contributed by atoms with E-state index in [1.165, 1.54) is 0 Å². The van der Waals surface area contributed by atoms with Crippen molar-refractivity contribution in [3.05, 3.63) is 0 Å². The molecule has 0 saturated carbocycles. The monoisotopic (exact) mass is 236 g/mol. The zero-order valence-corrected chi connectivity index (χ0v) is 9.76. The Hall–Kier alpha value is -0.240. The lowest BCUT2D eigenvalue weighted by Gasteiger charge is -2.34. The molecule has 0 amide bonds. The van der Waals surface area contributed by atoms with Crippen LogP contribution in [0.2, 0.25) is 0 Å². The molecule has 8 N–H and O–H groups in total. The summed E-state index contributed by atoms with van der Waals surface area (Å²) in [5.74, 6) is 0. The highest BCUT2D eigenvalue weighted by Crippen LogP contribution is 2.19. The molecule has 0 fully saturated rings. The average Bonchev–Trinajstić information content (AvgIpc) is 2.34. The van der Waals surface area contributed by atoms with E-state index in [4.69, 9.17) is 26.8 Å². The van der Waals surface area contributed by atoms with Gasteiger partial charge in [0.15, 0.2) is 0 Å². The molecule has 2 unspecified atom stereocenters. The third-order valence-corrected chi connectivity index (χ3v) is 3.16. The maximum absolute atomic E-state index is 9.82. The Kier molecular flexibility index (Phi) is 6.39. The van der Waals surface area contributed by atoms with E-state index < -0.39 is 17.2 Å². The van der Waals surface area contributed by atoms with Crippen LogP contribution in [-0.2, 0) is 0 Å². The Labute approximate surface area is 95.9 Å². The van der Waals surface area contributed by atoms with Crippen LogP contribution in [0, 0.1) is 0 Å². The summed E-state index contributed by atoms with van der Waals surface area (Å²) < 4.78 is 0. The van der Waals surface area contributed by atoms with Gasteiger partial charge in [0, 0.05) is 0 Å². The molecular weight excluding hydrogens is 212 g/mol. The number of aliphatic hydroxyl groups excluding tert-OH is 4. The van der Waals surface area contributed by atoms with Gasteiger partial charge in [0.25, 0.3) is 0 Å². The SMILES string of the molecule is CCC(N)(CO)C(O)CCC(N)(CO)CO. The first kappa shape index (κ1) is 15.8. The van der Waals surface area contributed by atoms with Gasteiger partial charge < -0.3 is 31.9 Å². The van der Waals surface area contributed by atoms with Crippen LogP contribution in [0.25, 0.3) is 0 Å². The lowest BCUT2D eigenvalue weighted by molar-refractivity contribution is 0.0215. The largest absolute Gasteiger partial charge is 0.394 e. The summed E-state index contributed by atoms with van der Waals surface area (Å²) in [6.45, 7) is 0.728. The first-order chi connectivity index (χ1) is 7.37. The smallest absolute Gasteiger partial charge is 0.0742 e. The van der Waals surface area contributed by atoms with Crippen LogP contribution in [0.5, 0.6) is 0 Å². The molecule has 0 bridgehead atoms. The first-order valence-corrected chi connectivity index (χ1v) is 5.46. The van der Waals surface area contributed by atoms with Gasteiger partial charge in [-0.1, -0.05) is 6.92 Å². The predicted octanol–water partition coefficient (Wildman–Crippen LogP) is -2.09. The molecule has 0 radical (unpaired) electrons. The molecule has 98 valence electrons. The van der Waals surface area contributed by atoms with E-state index in [1.807, 2.05) is 0 Å². The summed E-state index contributed by atoms with van der Waals surface area (Å²) in [6.07, 6.45) is -0.0214. The highest BCUT2D eigenvalue weighted by molar-refractivity contribution is 4.92. The van der Waals surface area contributed by atoms with Crippen LogP contribution in [0.1, 0.15) is 26.2 Å². The van der Waals surface area contributed by atoms with E-state index in [0.29, 0.717) is 6.42 Å². The quantitative estimate of drug-likeness (QED) is 0.286. The molecule has 2 atom stereocenters. The highest BCUT2D eigenvalue weighted by Gasteiger charge is 2.33. The second-order valence-corrected chi connectivity index (χ2v) is 4.48. The summed E-state index contributed by atoms with van der Waals surface area (Å²) in [7, 11) is 0. The molecule has 0 aliphatic heterocycles. The maximum atomic E-state index is 9.82. The van der Waals surface area contributed by atoms with Gasteiger partial charge in [-0.2, -0.15) is 0 Å². The zero-order valence-electron chi connectivity index (χ0n) is 9.76. The fraction of sp³-hybridized carbons (Fsp3) is 1.00. The minimum absolute atomic E-state index is 0.225. The lowest BCUT2D eigenvalue weighted by atomic mass is 9.85. The molecule has 0 spiro atoms. The van der Waals surface area contributed by atoms with E-state index in [2.05, 4.69) is 0 Å². The molecule has 0 aromatic carbocycles. The van der Waals surface area contributed by atoms with Crippen LogP contribution < -0.4 is 11.5 Å². The van der Waals surface area contributed by atoms with Crippen LogP contribution in [0.15, 0.2) is 0 Å². The van der Waals surface area contributed by atoms with Crippen LogP contribution >= 0.6 is 0 Å². The Morgan fingerprint density at radius 3 is 1.88 bits per heavy atom. The summed E-state index contributed by atoms with van der Waals surface area (Å²) in [5.41, 5.74) is 9.29. The fourth-order valence-corrected chi connectivity index (χ4v) is 1.37. The van der Waals surface area contributed by atoms with Crippen LogP contribution in [0.4, 0.5) is 0 Å². The zero-order chi connectivity index (χ0) is 12.8. The Bertz CT molecular complexity index is 193. The van der Waals surface area contributed by atoms with Crippen LogP contribution in [-0.4, -0.2) is 57.4 Å². The maximum Gasteiger partial charge on any atom is 0.0742 e. The summed E-state index contributed by atoms with van der Waals surface area (Å²) >= 11 is 0. The molecule has 6 heteroatoms. The molecule has 0 aliphatic rings. The van der Waals surface area contributed by atoms with E-state index in [0.717, 1.165) is 0 Å². The van der Waals surface area contributed by atoms with E-state index in [9.17, 15) is 5.11 Å². The molecule has 0 saturated heterocycles. The molecule has 6 nitrogen and oxygen atoms in total. The van der Waals surface area contributed by atoms with Gasteiger partial charge in [-0.3, -0.25) is 0 Å². The topological polar surface area (TPSA) is 133 Å². The van der Waals surface area contributed by atoms with E-state index in [1.54, 1.807) is 6.92 Å². The number of hydrogen-bond donors (Lipinski definition) is 6. The van der Waals surface area contributed by atoms with Crippen molar-refractivity contribution in [2.45, 2.75) is 43.4 Å². The second-order valence-electron chi connectivity index (χ2n) is 4.48. The fourth-order valence-electron chi connectivity index (χ4n) is 1.37. The van der Waals surface area contributed by atoms with Crippen molar-refractivity contribution in [2.75, 3.05) is 19.8 Å². The average molecular weight is 236 g/mol. The van der Waals surface area contributed by atoms with Crippen molar-refractivity contribution in [1.29, 1.82) is 0 Å². The van der Waals surface area contributed by atoms with Crippen molar-refractivity contribution < 1.29 is 20.4 Å². The summed E-state index contributed by atoms with van der Waals surface area (Å²) in [4.78, 5) is 0. The van der Waals surface area contributed by atoms with Gasteiger partial charge in [-0.15, -0.1) is 0 Å². The van der Waals surface area contributed by atoms with Crippen LogP contribution in [0.3, 0.4) is 0 Å². The standard InChI is InChI=1S/C10H24N2O4/c1-2-10(12,7-15)8(16)3-4-9(11,5-13)6-14/h8,13-16H,2-7,11-12H2,1H3. The van der Waals surface area contributed by atoms with Crippen molar-refractivity contribution in [1.82, 2.24) is 0 Å². The number of nitrogens with two attached hydrogens (primary N) is 2. The third kappa shape index (κ3) is 3.97. The van der Waals surface area contributed by atoms with Crippen molar-refractivity contribution in [3.8, 4) is 0 Å². The minimum atomic E-state index is -1.11. The van der Waals surface area contributed by atoms with Gasteiger partial charge in [-0.05, 0) is 19.3 Å². The molecule has 16 heavy (non-hydrogen) atoms. The van der Waals surface area contributed by atoms with E-state index in [-0.39, 0.29) is 32.7 Å². The Morgan fingerprint density at radius 2 is 1.56 bits per heavy atom. The first-order valence-electron chi connectivity index (χ1n) is 5.46. The van der Waals surface area contributed by atoms with Gasteiger partial charge in [0.2, 0.25) is 0 Å². The highest BCUT2D eigenvalue weighted by atomic mass is 16.3. The summed E-state index contributed by atoms with van der Waals surface area (Å²) in [6, 6.07) is 0. The molecule has 0 aromatic heterocycles. The molecule has 0 aromatic rings. The minimum Gasteiger partial charge on any atom is -0.394 e. The Morgan fingerprint density at radius 1 is 1.06 bits per heavy atom. The molecule has 0 aliphatic carbocycles. The number of hydrogen-bond acceptors (Lipinski definition) is 6. The van der Waals surface area contributed by atoms with Gasteiger partial charge >= 0.3 is 0 Å². The molecular formula is C10H24N2O4. The van der Waals surface area contributed by atoms with Crippen molar-refractivity contribution in [2.24, 2.45) is 11.5 Å². The third-order valence-electron chi connectivity index (χ3n) is 3.16. The van der Waals surface area contributed by atoms with Crippen molar-refractivity contribution >= 4 is 0 Å². The van der Waals surface area contributed by atoms with Gasteiger partial charge in [0.05, 0.1) is 37.0 Å². The second kappa shape index (κ2) is 6.48. The Balaban J connectivity index is 4.30. The number of rotatable bonds is 8. The number of aliphatic hydroxyl groups is 4. The normalized spacial score (nSPS) is 18.2. The molecule has 0 heterocycles. The molecule has 0 rings (SSSR count). The predicted molar refractivity (Wildman–Crippen MR) is 60.6 cm³/mol. The lowest BCUT2D eigenvalue weighted by Crippen LogP contribution is -2.55. The summed E-state index contributed by atoms with van der Waals surface area (Å²) in [5, 5.41) is 36.8. The van der Waals surface area contributed by atoms with E-state index >= 15 is 0 Å². The van der Waals surface area contributed by atoms with Crippen molar-refractivity contribution in [3.63, 3.8) is 0 Å². The van der Waals surface area contributed by atoms with Gasteiger partial charge in [0.1, 0.15) is 0 Å². The van der Waals surface area contributed by atoms with Gasteiger partial charge in [-0.25, -0.2) is 0 Å².